The predicted molar refractivity (Wildman–Crippen MR) is 94.9 cm³/mol. The average molecular weight is 317 g/mol. The Bertz CT molecular complexity index is 489. The number of carbonyl (C=O) groups excluding carboxylic acids is 1. The van der Waals surface area contributed by atoms with E-state index in [1.807, 2.05) is 25.8 Å². The van der Waals surface area contributed by atoms with Crippen LogP contribution in [0.3, 0.4) is 0 Å². The van der Waals surface area contributed by atoms with Crippen molar-refractivity contribution in [3.63, 3.8) is 0 Å². The van der Waals surface area contributed by atoms with E-state index in [2.05, 4.69) is 35.2 Å². The molecule has 1 amide bonds. The first kappa shape index (κ1) is 18.0. The quantitative estimate of drug-likeness (QED) is 0.876. The summed E-state index contributed by atoms with van der Waals surface area (Å²) in [6.45, 7) is 8.01. The lowest BCUT2D eigenvalue weighted by atomic mass is 9.96. The molecule has 2 N–H and O–H groups in total. The maximum atomic E-state index is 12.3. The van der Waals surface area contributed by atoms with E-state index in [9.17, 15) is 4.79 Å². The fraction of sp³-hybridized carbons (Fsp3) is 0.632. The molecular weight excluding hydrogens is 286 g/mol. The highest BCUT2D eigenvalue weighted by Gasteiger charge is 2.26. The second-order valence-electron chi connectivity index (χ2n) is 7.22. The molecule has 1 aliphatic rings. The molecule has 1 fully saturated rings. The number of likely N-dealkylation sites (N-methyl/N-ethyl adjacent to an activating group) is 1. The number of carbonyl (C=O) groups is 1. The van der Waals surface area contributed by atoms with Crippen LogP contribution in [0, 0.1) is 11.8 Å². The second kappa shape index (κ2) is 8.46. The van der Waals surface area contributed by atoms with Crippen LogP contribution in [0.5, 0.6) is 0 Å². The van der Waals surface area contributed by atoms with Gasteiger partial charge < -0.3 is 10.6 Å². The first-order valence-corrected chi connectivity index (χ1v) is 8.74. The monoisotopic (exact) mass is 317 g/mol. The van der Waals surface area contributed by atoms with Gasteiger partial charge in [0.1, 0.15) is 0 Å². The summed E-state index contributed by atoms with van der Waals surface area (Å²) in [5, 5.41) is 0. The molecule has 0 aromatic heterocycles. The van der Waals surface area contributed by atoms with Gasteiger partial charge in [-0.05, 0) is 36.8 Å². The van der Waals surface area contributed by atoms with Gasteiger partial charge in [0.2, 0.25) is 5.91 Å². The van der Waals surface area contributed by atoms with Crippen LogP contribution in [0.2, 0.25) is 0 Å². The summed E-state index contributed by atoms with van der Waals surface area (Å²) in [5.74, 6) is 0.798. The molecule has 0 saturated carbocycles. The molecule has 1 heterocycles. The fourth-order valence-electron chi connectivity index (χ4n) is 3.30. The minimum absolute atomic E-state index is 0.0696. The van der Waals surface area contributed by atoms with E-state index < -0.39 is 0 Å². The van der Waals surface area contributed by atoms with Crippen LogP contribution in [0.15, 0.2) is 30.3 Å². The smallest absolute Gasteiger partial charge is 0.239 e. The van der Waals surface area contributed by atoms with Crippen LogP contribution in [0.25, 0.3) is 0 Å². The summed E-state index contributed by atoms with van der Waals surface area (Å²) in [6, 6.07) is 10.2. The zero-order chi connectivity index (χ0) is 16.8. The Hall–Kier alpha value is -1.39. The summed E-state index contributed by atoms with van der Waals surface area (Å²) in [6.07, 6.45) is 2.40. The van der Waals surface area contributed by atoms with E-state index in [-0.39, 0.29) is 17.9 Å². The summed E-state index contributed by atoms with van der Waals surface area (Å²) in [5.41, 5.74) is 7.35. The van der Waals surface area contributed by atoms with Crippen molar-refractivity contribution in [1.29, 1.82) is 0 Å². The third-order valence-corrected chi connectivity index (χ3v) is 4.76. The molecule has 2 rings (SSSR count). The first-order chi connectivity index (χ1) is 11.0. The van der Waals surface area contributed by atoms with Crippen LogP contribution in [0.4, 0.5) is 0 Å². The molecule has 0 radical (unpaired) electrons. The molecule has 1 aromatic rings. The van der Waals surface area contributed by atoms with Crippen molar-refractivity contribution < 1.29 is 4.79 Å². The summed E-state index contributed by atoms with van der Waals surface area (Å²) < 4.78 is 0. The molecule has 4 heteroatoms. The van der Waals surface area contributed by atoms with Gasteiger partial charge in [0.15, 0.2) is 0 Å². The van der Waals surface area contributed by atoms with Crippen LogP contribution < -0.4 is 5.73 Å². The molecule has 2 atom stereocenters. The van der Waals surface area contributed by atoms with Gasteiger partial charge in [-0.3, -0.25) is 9.69 Å². The van der Waals surface area contributed by atoms with E-state index in [4.69, 9.17) is 5.73 Å². The topological polar surface area (TPSA) is 49.6 Å². The number of likely N-dealkylation sites (tertiary alicyclic amines) is 1. The van der Waals surface area contributed by atoms with Crippen molar-refractivity contribution in [3.05, 3.63) is 35.9 Å². The minimum atomic E-state index is -0.385. The number of amides is 1. The van der Waals surface area contributed by atoms with E-state index in [1.165, 1.54) is 18.4 Å². The molecule has 4 nitrogen and oxygen atoms in total. The van der Waals surface area contributed by atoms with Crippen molar-refractivity contribution in [1.82, 2.24) is 9.80 Å². The largest absolute Gasteiger partial charge is 0.344 e. The zero-order valence-corrected chi connectivity index (χ0v) is 14.7. The van der Waals surface area contributed by atoms with Crippen LogP contribution >= 0.6 is 0 Å². The third-order valence-electron chi connectivity index (χ3n) is 4.76. The van der Waals surface area contributed by atoms with E-state index in [1.54, 1.807) is 0 Å². The van der Waals surface area contributed by atoms with Crippen molar-refractivity contribution in [2.45, 2.75) is 39.3 Å². The van der Waals surface area contributed by atoms with Gasteiger partial charge in [-0.15, -0.1) is 0 Å². The lowest BCUT2D eigenvalue weighted by Gasteiger charge is -2.35. The second-order valence-corrected chi connectivity index (χ2v) is 7.22. The zero-order valence-electron chi connectivity index (χ0n) is 14.7. The Kier molecular flexibility index (Phi) is 6.60. The lowest BCUT2D eigenvalue weighted by molar-refractivity contribution is -0.133. The molecule has 23 heavy (non-hydrogen) atoms. The molecule has 0 unspecified atom stereocenters. The number of benzene rings is 1. The maximum Gasteiger partial charge on any atom is 0.239 e. The van der Waals surface area contributed by atoms with Gasteiger partial charge in [-0.2, -0.15) is 0 Å². The molecule has 1 aromatic carbocycles. The van der Waals surface area contributed by atoms with Gasteiger partial charge in [0, 0.05) is 26.7 Å². The van der Waals surface area contributed by atoms with Gasteiger partial charge in [-0.25, -0.2) is 0 Å². The number of hydrogen-bond donors (Lipinski definition) is 1. The molecule has 1 aliphatic heterocycles. The predicted octanol–water partition coefficient (Wildman–Crippen LogP) is 2.34. The van der Waals surface area contributed by atoms with Crippen LogP contribution in [-0.2, 0) is 11.3 Å². The highest BCUT2D eigenvalue weighted by Crippen LogP contribution is 2.19. The number of piperidine rings is 1. The summed E-state index contributed by atoms with van der Waals surface area (Å²) in [7, 11) is 1.89. The van der Waals surface area contributed by atoms with Crippen molar-refractivity contribution >= 4 is 5.91 Å². The van der Waals surface area contributed by atoms with Gasteiger partial charge in [-0.1, -0.05) is 44.2 Å². The van der Waals surface area contributed by atoms with Gasteiger partial charge in [0.05, 0.1) is 6.04 Å². The Balaban J connectivity index is 1.85. The molecule has 0 spiro atoms. The van der Waals surface area contributed by atoms with E-state index >= 15 is 0 Å². The van der Waals surface area contributed by atoms with Crippen molar-refractivity contribution in [3.8, 4) is 0 Å². The Morgan fingerprint density at radius 1 is 1.35 bits per heavy atom. The third kappa shape index (κ3) is 5.33. The van der Waals surface area contributed by atoms with Crippen LogP contribution in [0.1, 0.15) is 32.3 Å². The normalized spacial score (nSPS) is 20.5. The van der Waals surface area contributed by atoms with Crippen molar-refractivity contribution in [2.24, 2.45) is 17.6 Å². The average Bonchev–Trinajstić information content (AvgIpc) is 2.54. The summed E-state index contributed by atoms with van der Waals surface area (Å²) in [4.78, 5) is 16.7. The number of nitrogens with zero attached hydrogens (tertiary/aromatic N) is 2. The number of nitrogens with two attached hydrogens (primary N) is 1. The maximum absolute atomic E-state index is 12.3. The molecular formula is C19H31N3O. The van der Waals surface area contributed by atoms with E-state index in [0.717, 1.165) is 26.2 Å². The van der Waals surface area contributed by atoms with E-state index in [0.29, 0.717) is 5.92 Å². The highest BCUT2D eigenvalue weighted by atomic mass is 16.2. The summed E-state index contributed by atoms with van der Waals surface area (Å²) >= 11 is 0. The molecule has 0 bridgehead atoms. The van der Waals surface area contributed by atoms with Crippen LogP contribution in [-0.4, -0.2) is 48.4 Å². The standard InChI is InChI=1S/C19H31N3O/c1-15(2)18(20)19(23)21(3)12-17-10-7-11-22(14-17)13-16-8-5-4-6-9-16/h4-6,8-9,15,17-18H,7,10-14,20H2,1-3H3/t17-,18-/m0/s1. The molecule has 0 aliphatic carbocycles. The van der Waals surface area contributed by atoms with Gasteiger partial charge in [0.25, 0.3) is 0 Å². The van der Waals surface area contributed by atoms with Crippen molar-refractivity contribution in [2.75, 3.05) is 26.7 Å². The highest BCUT2D eigenvalue weighted by molar-refractivity contribution is 5.81. The molecule has 1 saturated heterocycles. The molecule has 128 valence electrons. The Labute approximate surface area is 140 Å². The fourth-order valence-corrected chi connectivity index (χ4v) is 3.30. The lowest BCUT2D eigenvalue weighted by Crippen LogP contribution is -2.48. The Morgan fingerprint density at radius 3 is 2.70 bits per heavy atom. The minimum Gasteiger partial charge on any atom is -0.344 e. The SMILES string of the molecule is CC(C)[C@H](N)C(=O)N(C)C[C@@H]1CCCN(Cc2ccccc2)C1. The van der Waals surface area contributed by atoms with Gasteiger partial charge >= 0.3 is 0 Å². The number of hydrogen-bond acceptors (Lipinski definition) is 3. The Morgan fingerprint density at radius 2 is 2.04 bits per heavy atom. The number of rotatable bonds is 6. The first-order valence-electron chi connectivity index (χ1n) is 8.74.